The van der Waals surface area contributed by atoms with E-state index in [9.17, 15) is 4.79 Å². The number of esters is 1. The van der Waals surface area contributed by atoms with Gasteiger partial charge in [-0.1, -0.05) is 27.2 Å². The summed E-state index contributed by atoms with van der Waals surface area (Å²) < 4.78 is 18.9. The summed E-state index contributed by atoms with van der Waals surface area (Å²) in [6.45, 7) is 14.2. The first-order valence-electron chi connectivity index (χ1n) is 13.9. The van der Waals surface area contributed by atoms with E-state index in [0.717, 1.165) is 31.6 Å². The molecule has 2 aliphatic heterocycles. The molecule has 1 spiro atoms. The molecule has 0 aromatic carbocycles. The summed E-state index contributed by atoms with van der Waals surface area (Å²) in [6, 6.07) is 0. The largest absolute Gasteiger partial charge is 0.462 e. The van der Waals surface area contributed by atoms with Crippen molar-refractivity contribution in [3.05, 3.63) is 0 Å². The van der Waals surface area contributed by atoms with Gasteiger partial charge in [0.1, 0.15) is 6.10 Å². The van der Waals surface area contributed by atoms with Crippen molar-refractivity contribution in [1.29, 1.82) is 0 Å². The second-order valence-electron chi connectivity index (χ2n) is 12.7. The van der Waals surface area contributed by atoms with Gasteiger partial charge in [0.2, 0.25) is 0 Å². The molecule has 2 saturated heterocycles. The third kappa shape index (κ3) is 4.08. The molecule has 7 atom stereocenters. The second kappa shape index (κ2) is 9.09. The van der Waals surface area contributed by atoms with Crippen LogP contribution in [0.3, 0.4) is 0 Å². The zero-order valence-corrected chi connectivity index (χ0v) is 21.6. The lowest BCUT2D eigenvalue weighted by molar-refractivity contribution is -0.252. The maximum atomic E-state index is 12.4. The Balaban J connectivity index is 1.41. The maximum Gasteiger partial charge on any atom is 0.302 e. The minimum atomic E-state index is -0.460. The Morgan fingerprint density at radius 3 is 2.39 bits per heavy atom. The highest BCUT2D eigenvalue weighted by Gasteiger charge is 2.67. The Kier molecular flexibility index (Phi) is 6.63. The van der Waals surface area contributed by atoms with Gasteiger partial charge in [-0.15, -0.1) is 0 Å². The molecule has 5 aliphatic rings. The van der Waals surface area contributed by atoms with Crippen LogP contribution in [-0.2, 0) is 19.0 Å². The molecule has 0 aromatic rings. The van der Waals surface area contributed by atoms with E-state index in [-0.39, 0.29) is 22.9 Å². The number of fused-ring (bicyclic) bond motifs is 2. The van der Waals surface area contributed by atoms with Crippen molar-refractivity contribution in [1.82, 2.24) is 4.90 Å². The predicted octanol–water partition coefficient (Wildman–Crippen LogP) is 5.42. The second-order valence-corrected chi connectivity index (χ2v) is 12.7. The molecule has 0 N–H and O–H groups in total. The van der Waals surface area contributed by atoms with E-state index in [1.807, 2.05) is 0 Å². The zero-order chi connectivity index (χ0) is 23.3. The molecule has 3 saturated carbocycles. The van der Waals surface area contributed by atoms with E-state index in [0.29, 0.717) is 31.0 Å². The van der Waals surface area contributed by atoms with Crippen LogP contribution in [0.1, 0.15) is 91.9 Å². The van der Waals surface area contributed by atoms with E-state index in [1.54, 1.807) is 6.92 Å². The molecule has 2 heterocycles. The molecular formula is C28H47NO4. The van der Waals surface area contributed by atoms with Crippen molar-refractivity contribution in [3.8, 4) is 0 Å². The van der Waals surface area contributed by atoms with Gasteiger partial charge in [0.25, 0.3) is 0 Å². The quantitative estimate of drug-likeness (QED) is 0.512. The molecule has 33 heavy (non-hydrogen) atoms. The number of rotatable bonds is 5. The number of carbonyl (C=O) groups excluding carboxylic acids is 1. The minimum Gasteiger partial charge on any atom is -0.462 e. The highest BCUT2D eigenvalue weighted by atomic mass is 16.7. The summed E-state index contributed by atoms with van der Waals surface area (Å²) in [6.07, 6.45) is 12.1. The number of hydrogen-bond acceptors (Lipinski definition) is 5. The van der Waals surface area contributed by atoms with Gasteiger partial charge in [-0.25, -0.2) is 0 Å². The van der Waals surface area contributed by atoms with Crippen LogP contribution in [0.4, 0.5) is 0 Å². The highest BCUT2D eigenvalue weighted by molar-refractivity contribution is 5.66. The Bertz CT molecular complexity index is 715. The van der Waals surface area contributed by atoms with Crippen molar-refractivity contribution >= 4 is 5.97 Å². The molecule has 0 bridgehead atoms. The first-order valence-corrected chi connectivity index (χ1v) is 13.9. The van der Waals surface area contributed by atoms with Crippen molar-refractivity contribution in [3.63, 3.8) is 0 Å². The average Bonchev–Trinajstić information content (AvgIpc) is 3.51. The molecule has 0 amide bonds. The number of hydrogen-bond donors (Lipinski definition) is 0. The van der Waals surface area contributed by atoms with Gasteiger partial charge in [0, 0.05) is 30.6 Å². The van der Waals surface area contributed by atoms with E-state index >= 15 is 0 Å². The Morgan fingerprint density at radius 1 is 1.00 bits per heavy atom. The standard InChI is InChI=1S/C28H47NO4/c1-20-7-11-26(3,22(19-20)10-16-29-14-5-6-15-29)23-8-12-27(4)24(25(23)33-21(2)30)9-13-28(27)31-17-18-32-28/h20,22-25H,5-19H2,1-4H3/t20-,22-,23-,24-,25+,26-,27-/m0/s1. The van der Waals surface area contributed by atoms with Crippen molar-refractivity contribution < 1.29 is 19.0 Å². The van der Waals surface area contributed by atoms with Gasteiger partial charge in [0.05, 0.1) is 13.2 Å². The number of ether oxygens (including phenoxy) is 3. The minimum absolute atomic E-state index is 0.0129. The summed E-state index contributed by atoms with van der Waals surface area (Å²) in [5, 5.41) is 0. The Labute approximate surface area is 201 Å². The van der Waals surface area contributed by atoms with Gasteiger partial charge in [0.15, 0.2) is 5.79 Å². The zero-order valence-electron chi connectivity index (χ0n) is 21.6. The highest BCUT2D eigenvalue weighted by Crippen LogP contribution is 2.65. The van der Waals surface area contributed by atoms with Crippen molar-refractivity contribution in [2.45, 2.75) is 104 Å². The van der Waals surface area contributed by atoms with E-state index in [2.05, 4.69) is 25.7 Å². The smallest absolute Gasteiger partial charge is 0.302 e. The summed E-state index contributed by atoms with van der Waals surface area (Å²) in [5.41, 5.74) is 0.171. The van der Waals surface area contributed by atoms with Crippen LogP contribution >= 0.6 is 0 Å². The number of carbonyl (C=O) groups is 1. The lowest BCUT2D eigenvalue weighted by Crippen LogP contribution is -2.58. The monoisotopic (exact) mass is 461 g/mol. The average molecular weight is 462 g/mol. The summed E-state index contributed by atoms with van der Waals surface area (Å²) in [7, 11) is 0. The maximum absolute atomic E-state index is 12.4. The third-order valence-corrected chi connectivity index (χ3v) is 10.9. The first-order chi connectivity index (χ1) is 15.8. The Morgan fingerprint density at radius 2 is 1.70 bits per heavy atom. The van der Waals surface area contributed by atoms with Gasteiger partial charge >= 0.3 is 5.97 Å². The van der Waals surface area contributed by atoms with Gasteiger partial charge in [-0.3, -0.25) is 4.79 Å². The molecule has 5 rings (SSSR count). The summed E-state index contributed by atoms with van der Waals surface area (Å²) >= 11 is 0. The molecular weight excluding hydrogens is 414 g/mol. The Hall–Kier alpha value is -0.650. The molecule has 5 fully saturated rings. The van der Waals surface area contributed by atoms with Gasteiger partial charge in [-0.05, 0) is 88.3 Å². The number of nitrogens with zero attached hydrogens (tertiary/aromatic N) is 1. The van der Waals surface area contributed by atoms with Crippen LogP contribution in [0.5, 0.6) is 0 Å². The lowest BCUT2D eigenvalue weighted by Gasteiger charge is -2.57. The molecule has 5 nitrogen and oxygen atoms in total. The fourth-order valence-electron chi connectivity index (χ4n) is 8.94. The molecule has 0 radical (unpaired) electrons. The van der Waals surface area contributed by atoms with E-state index in [4.69, 9.17) is 14.2 Å². The summed E-state index contributed by atoms with van der Waals surface area (Å²) in [5.74, 6) is 1.70. The van der Waals surface area contributed by atoms with Crippen LogP contribution < -0.4 is 0 Å². The van der Waals surface area contributed by atoms with E-state index in [1.165, 1.54) is 58.2 Å². The SMILES string of the molecule is CC(=O)O[C@@H]1[C@@H]([C@@]2(C)CC[C@H](C)C[C@@H]2CCN2CCCC2)CC[C@@]2(C)[C@H]1CCC21OCCO1. The van der Waals surface area contributed by atoms with E-state index < -0.39 is 5.79 Å². The number of likely N-dealkylation sites (tertiary alicyclic amines) is 1. The fraction of sp³-hybridized carbons (Fsp3) is 0.964. The lowest BCUT2D eigenvalue weighted by atomic mass is 9.50. The van der Waals surface area contributed by atoms with Crippen LogP contribution in [0.25, 0.3) is 0 Å². The van der Waals surface area contributed by atoms with Crippen LogP contribution in [-0.4, -0.2) is 55.6 Å². The first kappa shape index (κ1) is 24.1. The van der Waals surface area contributed by atoms with Crippen molar-refractivity contribution in [2.75, 3.05) is 32.8 Å². The third-order valence-electron chi connectivity index (χ3n) is 10.9. The predicted molar refractivity (Wildman–Crippen MR) is 129 cm³/mol. The van der Waals surface area contributed by atoms with Crippen LogP contribution in [0, 0.1) is 34.5 Å². The van der Waals surface area contributed by atoms with Crippen LogP contribution in [0.2, 0.25) is 0 Å². The van der Waals surface area contributed by atoms with Gasteiger partial charge in [-0.2, -0.15) is 0 Å². The van der Waals surface area contributed by atoms with Crippen LogP contribution in [0.15, 0.2) is 0 Å². The molecule has 0 aromatic heterocycles. The molecule has 188 valence electrons. The van der Waals surface area contributed by atoms with Gasteiger partial charge < -0.3 is 19.1 Å². The molecule has 5 heteroatoms. The molecule has 3 aliphatic carbocycles. The molecule has 0 unspecified atom stereocenters. The fourth-order valence-corrected chi connectivity index (χ4v) is 8.94. The van der Waals surface area contributed by atoms with Crippen molar-refractivity contribution in [2.24, 2.45) is 34.5 Å². The topological polar surface area (TPSA) is 48.0 Å². The summed E-state index contributed by atoms with van der Waals surface area (Å²) in [4.78, 5) is 15.1. The normalized spacial score (nSPS) is 45.4.